The number of pyridine rings is 1. The monoisotopic (exact) mass is 272 g/mol. The van der Waals surface area contributed by atoms with Crippen LogP contribution < -0.4 is 15.4 Å². The van der Waals surface area contributed by atoms with Crippen LogP contribution in [-0.4, -0.2) is 31.5 Å². The van der Waals surface area contributed by atoms with Crippen molar-refractivity contribution in [2.45, 2.75) is 6.92 Å². The van der Waals surface area contributed by atoms with E-state index in [0.29, 0.717) is 6.54 Å². The lowest BCUT2D eigenvalue weighted by Crippen LogP contribution is -2.32. The number of benzene rings is 1. The van der Waals surface area contributed by atoms with Crippen molar-refractivity contribution in [3.8, 4) is 5.75 Å². The number of nitrogens with zero attached hydrogens (tertiary/aromatic N) is 2. The van der Waals surface area contributed by atoms with Crippen molar-refractivity contribution in [2.24, 2.45) is 11.7 Å². The van der Waals surface area contributed by atoms with Gasteiger partial charge in [0.2, 0.25) is 0 Å². The minimum Gasteiger partial charge on any atom is -0.497 e. The molecule has 0 spiro atoms. The molecular formula is C15H20N4O. The Morgan fingerprint density at radius 3 is 2.85 bits per heavy atom. The van der Waals surface area contributed by atoms with Gasteiger partial charge in [-0.05, 0) is 29.7 Å². The standard InChI is InChI=1S/C15H20N4O/c1-10(14(16)17)9-19(2)15-13-5-4-12(20-3)8-11(13)6-7-18-15/h4-8,10H,9H2,1-3H3,(H3,16,17). The van der Waals surface area contributed by atoms with E-state index >= 15 is 0 Å². The van der Waals surface area contributed by atoms with Crippen molar-refractivity contribution in [3.05, 3.63) is 30.5 Å². The first-order chi connectivity index (χ1) is 9.52. The molecule has 5 heteroatoms. The molecule has 0 amide bonds. The van der Waals surface area contributed by atoms with E-state index in [1.165, 1.54) is 0 Å². The highest BCUT2D eigenvalue weighted by molar-refractivity contribution is 5.93. The Labute approximate surface area is 118 Å². The summed E-state index contributed by atoms with van der Waals surface area (Å²) in [7, 11) is 3.62. The van der Waals surface area contributed by atoms with Crippen LogP contribution in [0.5, 0.6) is 5.75 Å². The second kappa shape index (κ2) is 5.77. The van der Waals surface area contributed by atoms with Gasteiger partial charge in [0.15, 0.2) is 0 Å². The Hall–Kier alpha value is -2.30. The van der Waals surface area contributed by atoms with Crippen molar-refractivity contribution in [2.75, 3.05) is 25.6 Å². The van der Waals surface area contributed by atoms with Gasteiger partial charge in [-0.3, -0.25) is 5.41 Å². The van der Waals surface area contributed by atoms with Gasteiger partial charge < -0.3 is 15.4 Å². The molecule has 0 aliphatic heterocycles. The topological polar surface area (TPSA) is 75.2 Å². The van der Waals surface area contributed by atoms with E-state index in [-0.39, 0.29) is 11.8 Å². The lowest BCUT2D eigenvalue weighted by atomic mass is 10.1. The number of fused-ring (bicyclic) bond motifs is 1. The fourth-order valence-corrected chi connectivity index (χ4v) is 2.17. The van der Waals surface area contributed by atoms with Crippen LogP contribution in [0, 0.1) is 11.3 Å². The fraction of sp³-hybridized carbons (Fsp3) is 0.333. The smallest absolute Gasteiger partial charge is 0.136 e. The zero-order valence-corrected chi connectivity index (χ0v) is 12.1. The number of amidine groups is 1. The number of hydrogen-bond donors (Lipinski definition) is 2. The number of nitrogens with two attached hydrogens (primary N) is 1. The molecule has 5 nitrogen and oxygen atoms in total. The largest absolute Gasteiger partial charge is 0.497 e. The van der Waals surface area contributed by atoms with Gasteiger partial charge in [0.25, 0.3) is 0 Å². The van der Waals surface area contributed by atoms with E-state index in [9.17, 15) is 0 Å². The highest BCUT2D eigenvalue weighted by atomic mass is 16.5. The molecule has 0 saturated carbocycles. The summed E-state index contributed by atoms with van der Waals surface area (Å²) in [5.41, 5.74) is 5.53. The summed E-state index contributed by atoms with van der Waals surface area (Å²) < 4.78 is 5.24. The van der Waals surface area contributed by atoms with Gasteiger partial charge in [-0.1, -0.05) is 6.92 Å². The minimum absolute atomic E-state index is 0.00435. The Balaban J connectivity index is 2.36. The predicted molar refractivity (Wildman–Crippen MR) is 82.6 cm³/mol. The molecule has 2 rings (SSSR count). The molecule has 1 atom stereocenters. The molecule has 0 fully saturated rings. The van der Waals surface area contributed by atoms with Gasteiger partial charge in [0.05, 0.1) is 12.9 Å². The predicted octanol–water partition coefficient (Wildman–Crippen LogP) is 2.25. The average molecular weight is 272 g/mol. The molecule has 0 aliphatic rings. The zero-order valence-electron chi connectivity index (χ0n) is 12.1. The van der Waals surface area contributed by atoms with Gasteiger partial charge >= 0.3 is 0 Å². The van der Waals surface area contributed by atoms with Crippen LogP contribution in [0.3, 0.4) is 0 Å². The molecule has 3 N–H and O–H groups in total. The normalized spacial score (nSPS) is 12.2. The molecule has 1 unspecified atom stereocenters. The summed E-state index contributed by atoms with van der Waals surface area (Å²) in [6.45, 7) is 2.60. The highest BCUT2D eigenvalue weighted by Crippen LogP contribution is 2.27. The lowest BCUT2D eigenvalue weighted by Gasteiger charge is -2.23. The van der Waals surface area contributed by atoms with Crippen LogP contribution in [0.1, 0.15) is 6.92 Å². The summed E-state index contributed by atoms with van der Waals surface area (Å²) in [6.07, 6.45) is 1.78. The summed E-state index contributed by atoms with van der Waals surface area (Å²) >= 11 is 0. The molecule has 0 saturated heterocycles. The highest BCUT2D eigenvalue weighted by Gasteiger charge is 2.13. The Morgan fingerprint density at radius 1 is 1.45 bits per heavy atom. The number of rotatable bonds is 5. The average Bonchev–Trinajstić information content (AvgIpc) is 2.45. The zero-order chi connectivity index (χ0) is 14.7. The van der Waals surface area contributed by atoms with E-state index in [2.05, 4.69) is 4.98 Å². The van der Waals surface area contributed by atoms with Crippen LogP contribution >= 0.6 is 0 Å². The maximum Gasteiger partial charge on any atom is 0.136 e. The Bertz CT molecular complexity index is 626. The molecule has 1 aromatic carbocycles. The molecule has 0 aliphatic carbocycles. The summed E-state index contributed by atoms with van der Waals surface area (Å²) in [5.74, 6) is 1.90. The summed E-state index contributed by atoms with van der Waals surface area (Å²) in [6, 6.07) is 7.88. The number of methoxy groups -OCH3 is 1. The molecule has 106 valence electrons. The van der Waals surface area contributed by atoms with E-state index < -0.39 is 0 Å². The van der Waals surface area contributed by atoms with Crippen LogP contribution in [0.25, 0.3) is 10.8 Å². The quantitative estimate of drug-likeness (QED) is 0.646. The van der Waals surface area contributed by atoms with Crippen LogP contribution in [0.4, 0.5) is 5.82 Å². The van der Waals surface area contributed by atoms with Gasteiger partial charge in [-0.2, -0.15) is 0 Å². The van der Waals surface area contributed by atoms with Crippen molar-refractivity contribution in [3.63, 3.8) is 0 Å². The number of anilines is 1. The van der Waals surface area contributed by atoms with Crippen molar-refractivity contribution >= 4 is 22.4 Å². The maximum absolute atomic E-state index is 7.49. The van der Waals surface area contributed by atoms with E-state index in [1.54, 1.807) is 13.3 Å². The van der Waals surface area contributed by atoms with Gasteiger partial charge in [0, 0.05) is 31.1 Å². The molecule has 1 heterocycles. The third-order valence-electron chi connectivity index (χ3n) is 3.39. The van der Waals surface area contributed by atoms with Crippen LogP contribution in [0.2, 0.25) is 0 Å². The van der Waals surface area contributed by atoms with Crippen molar-refractivity contribution < 1.29 is 4.74 Å². The summed E-state index contributed by atoms with van der Waals surface area (Å²) in [5, 5.41) is 9.63. The minimum atomic E-state index is -0.00435. The van der Waals surface area contributed by atoms with E-state index in [0.717, 1.165) is 22.3 Å². The second-order valence-corrected chi connectivity index (χ2v) is 4.96. The van der Waals surface area contributed by atoms with E-state index in [1.807, 2.05) is 43.1 Å². The number of aromatic nitrogens is 1. The number of hydrogen-bond acceptors (Lipinski definition) is 4. The summed E-state index contributed by atoms with van der Waals surface area (Å²) in [4.78, 5) is 6.48. The van der Waals surface area contributed by atoms with Crippen LogP contribution in [-0.2, 0) is 0 Å². The third kappa shape index (κ3) is 2.82. The number of nitrogens with one attached hydrogen (secondary N) is 1. The van der Waals surface area contributed by atoms with Crippen molar-refractivity contribution in [1.82, 2.24) is 4.98 Å². The molecule has 2 aromatic rings. The SMILES string of the molecule is COc1ccc2c(N(C)CC(C)C(=N)N)nccc2c1. The van der Waals surface area contributed by atoms with Crippen molar-refractivity contribution in [1.29, 1.82) is 5.41 Å². The van der Waals surface area contributed by atoms with Gasteiger partial charge in [0.1, 0.15) is 11.6 Å². The Morgan fingerprint density at radius 2 is 2.20 bits per heavy atom. The Kier molecular flexibility index (Phi) is 4.08. The van der Waals surface area contributed by atoms with Crippen LogP contribution in [0.15, 0.2) is 30.5 Å². The molecule has 1 aromatic heterocycles. The number of ether oxygens (including phenoxy) is 1. The van der Waals surface area contributed by atoms with Gasteiger partial charge in [-0.25, -0.2) is 4.98 Å². The fourth-order valence-electron chi connectivity index (χ4n) is 2.17. The van der Waals surface area contributed by atoms with Gasteiger partial charge in [-0.15, -0.1) is 0 Å². The third-order valence-corrected chi connectivity index (χ3v) is 3.39. The van der Waals surface area contributed by atoms with E-state index in [4.69, 9.17) is 15.9 Å². The maximum atomic E-state index is 7.49. The first-order valence-corrected chi connectivity index (χ1v) is 6.50. The second-order valence-electron chi connectivity index (χ2n) is 4.96. The lowest BCUT2D eigenvalue weighted by molar-refractivity contribution is 0.415. The molecular weight excluding hydrogens is 252 g/mol. The molecule has 0 bridgehead atoms. The molecule has 20 heavy (non-hydrogen) atoms. The first-order valence-electron chi connectivity index (χ1n) is 6.50. The molecule has 0 radical (unpaired) electrons. The first kappa shape index (κ1) is 14.1.